The molecule has 0 aliphatic carbocycles. The number of piperidine rings is 3. The maximum Gasteiger partial charge on any atom is 0.339 e. The number of nitrogens with zero attached hydrogens (tertiary/aromatic N) is 1. The van der Waals surface area contributed by atoms with Crippen molar-refractivity contribution in [1.29, 1.82) is 0 Å². The number of benzene rings is 1. The van der Waals surface area contributed by atoms with E-state index in [4.69, 9.17) is 9.84 Å². The highest BCUT2D eigenvalue weighted by atomic mass is 16.5. The lowest BCUT2D eigenvalue weighted by atomic mass is 9.84. The molecule has 2 bridgehead atoms. The van der Waals surface area contributed by atoms with Gasteiger partial charge in [-0.3, -0.25) is 0 Å². The van der Waals surface area contributed by atoms with Crippen molar-refractivity contribution >= 4 is 5.97 Å². The van der Waals surface area contributed by atoms with Gasteiger partial charge in [0, 0.05) is 19.1 Å². The Kier molecular flexibility index (Phi) is 4.41. The van der Waals surface area contributed by atoms with Gasteiger partial charge in [-0.1, -0.05) is 12.1 Å². The van der Waals surface area contributed by atoms with Crippen LogP contribution in [0.3, 0.4) is 0 Å². The van der Waals surface area contributed by atoms with E-state index in [1.165, 1.54) is 25.9 Å². The molecule has 2 N–H and O–H groups in total. The number of para-hydroxylation sites is 1. The van der Waals surface area contributed by atoms with Crippen LogP contribution in [0.1, 0.15) is 23.2 Å². The third kappa shape index (κ3) is 3.36. The normalized spacial score (nSPS) is 27.5. The number of carbonyl (C=O) groups is 1. The molecule has 0 aromatic heterocycles. The SMILES string of the molecule is O=C(O)c1ccccc1OCCNC1CN2CCC1CC2. The van der Waals surface area contributed by atoms with Crippen LogP contribution in [-0.2, 0) is 0 Å². The fourth-order valence-corrected chi connectivity index (χ4v) is 3.37. The summed E-state index contributed by atoms with van der Waals surface area (Å²) in [5.41, 5.74) is 0.223. The van der Waals surface area contributed by atoms with Crippen molar-refractivity contribution in [2.75, 3.05) is 32.8 Å². The Balaban J connectivity index is 1.45. The van der Waals surface area contributed by atoms with Gasteiger partial charge in [-0.25, -0.2) is 4.79 Å². The summed E-state index contributed by atoms with van der Waals surface area (Å²) in [6, 6.07) is 7.34. The van der Waals surface area contributed by atoms with E-state index in [2.05, 4.69) is 10.2 Å². The van der Waals surface area contributed by atoms with Crippen LogP contribution in [0.2, 0.25) is 0 Å². The second kappa shape index (κ2) is 6.45. The molecule has 1 atom stereocenters. The van der Waals surface area contributed by atoms with Crippen molar-refractivity contribution in [3.63, 3.8) is 0 Å². The number of carboxylic acid groups (broad SMARTS) is 1. The lowest BCUT2D eigenvalue weighted by Gasteiger charge is -2.45. The Morgan fingerprint density at radius 3 is 2.76 bits per heavy atom. The number of fused-ring (bicyclic) bond motifs is 3. The van der Waals surface area contributed by atoms with E-state index in [1.54, 1.807) is 24.3 Å². The average molecular weight is 290 g/mol. The van der Waals surface area contributed by atoms with Crippen LogP contribution in [-0.4, -0.2) is 54.8 Å². The molecule has 1 aromatic rings. The molecular formula is C16H22N2O3. The largest absolute Gasteiger partial charge is 0.491 e. The molecular weight excluding hydrogens is 268 g/mol. The van der Waals surface area contributed by atoms with Gasteiger partial charge in [0.2, 0.25) is 0 Å². The van der Waals surface area contributed by atoms with E-state index >= 15 is 0 Å². The third-order valence-corrected chi connectivity index (χ3v) is 4.54. The maximum atomic E-state index is 11.1. The van der Waals surface area contributed by atoms with Crippen LogP contribution >= 0.6 is 0 Å². The lowest BCUT2D eigenvalue weighted by molar-refractivity contribution is 0.0685. The number of carboxylic acids is 1. The lowest BCUT2D eigenvalue weighted by Crippen LogP contribution is -2.56. The quantitative estimate of drug-likeness (QED) is 0.777. The summed E-state index contributed by atoms with van der Waals surface area (Å²) in [4.78, 5) is 13.6. The zero-order valence-corrected chi connectivity index (χ0v) is 12.1. The average Bonchev–Trinajstić information content (AvgIpc) is 2.53. The fraction of sp³-hybridized carbons (Fsp3) is 0.562. The van der Waals surface area contributed by atoms with Gasteiger partial charge in [0.25, 0.3) is 0 Å². The van der Waals surface area contributed by atoms with Gasteiger partial charge in [0.1, 0.15) is 17.9 Å². The number of aromatic carboxylic acids is 1. The first-order chi connectivity index (χ1) is 10.2. The minimum absolute atomic E-state index is 0.223. The van der Waals surface area contributed by atoms with Crippen LogP contribution < -0.4 is 10.1 Å². The Morgan fingerprint density at radius 1 is 1.33 bits per heavy atom. The Hall–Kier alpha value is -1.59. The minimum Gasteiger partial charge on any atom is -0.491 e. The molecule has 1 aromatic carbocycles. The van der Waals surface area contributed by atoms with E-state index in [0.717, 1.165) is 19.0 Å². The van der Waals surface area contributed by atoms with E-state index in [0.29, 0.717) is 18.4 Å². The van der Waals surface area contributed by atoms with Crippen molar-refractivity contribution in [3.8, 4) is 5.75 Å². The van der Waals surface area contributed by atoms with Crippen molar-refractivity contribution in [2.24, 2.45) is 5.92 Å². The molecule has 0 spiro atoms. The first kappa shape index (κ1) is 14.4. The molecule has 0 saturated carbocycles. The summed E-state index contributed by atoms with van der Waals surface area (Å²) >= 11 is 0. The van der Waals surface area contributed by atoms with Gasteiger partial charge in [-0.15, -0.1) is 0 Å². The summed E-state index contributed by atoms with van der Waals surface area (Å²) in [7, 11) is 0. The van der Waals surface area contributed by atoms with E-state index in [-0.39, 0.29) is 5.56 Å². The number of nitrogens with one attached hydrogen (secondary N) is 1. The first-order valence-corrected chi connectivity index (χ1v) is 7.65. The first-order valence-electron chi connectivity index (χ1n) is 7.65. The minimum atomic E-state index is -0.948. The van der Waals surface area contributed by atoms with Gasteiger partial charge in [0.15, 0.2) is 0 Å². The van der Waals surface area contributed by atoms with Gasteiger partial charge in [-0.05, 0) is 44.0 Å². The zero-order valence-electron chi connectivity index (χ0n) is 12.1. The topological polar surface area (TPSA) is 61.8 Å². The highest BCUT2D eigenvalue weighted by Crippen LogP contribution is 2.27. The smallest absolute Gasteiger partial charge is 0.339 e. The van der Waals surface area contributed by atoms with E-state index in [9.17, 15) is 4.79 Å². The fourth-order valence-electron chi connectivity index (χ4n) is 3.37. The highest BCUT2D eigenvalue weighted by molar-refractivity contribution is 5.90. The van der Waals surface area contributed by atoms with Gasteiger partial charge in [-0.2, -0.15) is 0 Å². The number of hydrogen-bond donors (Lipinski definition) is 2. The van der Waals surface area contributed by atoms with Crippen molar-refractivity contribution in [3.05, 3.63) is 29.8 Å². The molecule has 5 heteroatoms. The van der Waals surface area contributed by atoms with Crippen LogP contribution in [0.25, 0.3) is 0 Å². The van der Waals surface area contributed by atoms with Crippen LogP contribution in [0, 0.1) is 5.92 Å². The monoisotopic (exact) mass is 290 g/mol. The summed E-state index contributed by atoms with van der Waals surface area (Å²) in [6.45, 7) is 4.86. The molecule has 0 amide bonds. The Morgan fingerprint density at radius 2 is 2.10 bits per heavy atom. The van der Waals surface area contributed by atoms with Crippen LogP contribution in [0.5, 0.6) is 5.75 Å². The molecule has 21 heavy (non-hydrogen) atoms. The summed E-state index contributed by atoms with van der Waals surface area (Å²) in [6.07, 6.45) is 2.58. The predicted molar refractivity (Wildman–Crippen MR) is 79.9 cm³/mol. The molecule has 3 aliphatic rings. The number of rotatable bonds is 6. The van der Waals surface area contributed by atoms with Gasteiger partial charge in [0.05, 0.1) is 0 Å². The number of ether oxygens (including phenoxy) is 1. The van der Waals surface area contributed by atoms with Crippen molar-refractivity contribution < 1.29 is 14.6 Å². The molecule has 1 unspecified atom stereocenters. The third-order valence-electron chi connectivity index (χ3n) is 4.54. The molecule has 3 aliphatic heterocycles. The van der Waals surface area contributed by atoms with Crippen molar-refractivity contribution in [2.45, 2.75) is 18.9 Å². The second-order valence-electron chi connectivity index (χ2n) is 5.85. The standard InChI is InChI=1S/C16H22N2O3/c19-16(20)13-3-1-2-4-15(13)21-10-7-17-14-11-18-8-5-12(14)6-9-18/h1-4,12,14,17H,5-11H2,(H,19,20). The molecule has 3 heterocycles. The van der Waals surface area contributed by atoms with Crippen molar-refractivity contribution in [1.82, 2.24) is 10.2 Å². The molecule has 0 radical (unpaired) electrons. The van der Waals surface area contributed by atoms with E-state index in [1.807, 2.05) is 0 Å². The Labute approximate surface area is 124 Å². The molecule has 4 rings (SSSR count). The van der Waals surface area contributed by atoms with Crippen LogP contribution in [0.4, 0.5) is 0 Å². The summed E-state index contributed by atoms with van der Waals surface area (Å²) in [5, 5.41) is 12.7. The second-order valence-corrected chi connectivity index (χ2v) is 5.85. The van der Waals surface area contributed by atoms with Gasteiger partial charge < -0.3 is 20.1 Å². The molecule has 5 nitrogen and oxygen atoms in total. The zero-order chi connectivity index (χ0) is 14.7. The summed E-state index contributed by atoms with van der Waals surface area (Å²) < 4.78 is 5.61. The van der Waals surface area contributed by atoms with E-state index < -0.39 is 5.97 Å². The van der Waals surface area contributed by atoms with Crippen LogP contribution in [0.15, 0.2) is 24.3 Å². The van der Waals surface area contributed by atoms with Gasteiger partial charge >= 0.3 is 5.97 Å². The molecule has 3 fully saturated rings. The Bertz CT molecular complexity index is 498. The molecule has 3 saturated heterocycles. The number of hydrogen-bond acceptors (Lipinski definition) is 4. The summed E-state index contributed by atoms with van der Waals surface area (Å²) in [5.74, 6) is 0.290. The highest BCUT2D eigenvalue weighted by Gasteiger charge is 2.33. The predicted octanol–water partition coefficient (Wildman–Crippen LogP) is 1.45. The molecule has 114 valence electrons. The maximum absolute atomic E-state index is 11.1.